The summed E-state index contributed by atoms with van der Waals surface area (Å²) in [5, 5.41) is 39.7. The van der Waals surface area contributed by atoms with Crippen LogP contribution in [0, 0.1) is 0 Å². The molecule has 3 aromatic rings. The lowest BCUT2D eigenvalue weighted by atomic mass is 9.99. The van der Waals surface area contributed by atoms with Crippen LogP contribution in [0.5, 0.6) is 11.5 Å². The Morgan fingerprint density at radius 2 is 1.66 bits per heavy atom. The van der Waals surface area contributed by atoms with E-state index in [1.807, 2.05) is 0 Å². The number of carboxylic acids is 1. The van der Waals surface area contributed by atoms with E-state index in [9.17, 15) is 30.0 Å². The summed E-state index contributed by atoms with van der Waals surface area (Å²) in [5.41, 5.74) is -0.000649. The third-order valence-corrected chi connectivity index (χ3v) is 5.15. The number of aliphatic hydroxyl groups excluding tert-OH is 3. The van der Waals surface area contributed by atoms with Crippen molar-refractivity contribution < 1.29 is 43.8 Å². The van der Waals surface area contributed by atoms with Gasteiger partial charge in [0.25, 0.3) is 0 Å². The molecule has 10 nitrogen and oxygen atoms in total. The van der Waals surface area contributed by atoms with Crippen molar-refractivity contribution in [3.8, 4) is 22.8 Å². The van der Waals surface area contributed by atoms with E-state index in [1.165, 1.54) is 13.2 Å². The number of benzene rings is 2. The maximum Gasteiger partial charge on any atom is 0.335 e. The largest absolute Gasteiger partial charge is 0.496 e. The number of ether oxygens (including phenoxy) is 3. The number of fused-ring (bicyclic) bond motifs is 1. The summed E-state index contributed by atoms with van der Waals surface area (Å²) in [4.78, 5) is 24.7. The molecule has 0 spiro atoms. The minimum Gasteiger partial charge on any atom is -0.496 e. The van der Waals surface area contributed by atoms with Gasteiger partial charge in [0.05, 0.1) is 18.1 Å². The smallest absolute Gasteiger partial charge is 0.335 e. The van der Waals surface area contributed by atoms with Gasteiger partial charge in [-0.05, 0) is 24.3 Å². The quantitative estimate of drug-likeness (QED) is 0.443. The summed E-state index contributed by atoms with van der Waals surface area (Å²) in [7, 11) is 1.43. The molecule has 32 heavy (non-hydrogen) atoms. The van der Waals surface area contributed by atoms with Crippen molar-refractivity contribution in [1.29, 1.82) is 0 Å². The monoisotopic (exact) mass is 444 g/mol. The van der Waals surface area contributed by atoms with Crippen molar-refractivity contribution in [3.05, 3.63) is 58.8 Å². The van der Waals surface area contributed by atoms with E-state index in [0.29, 0.717) is 11.3 Å². The van der Waals surface area contributed by atoms with Gasteiger partial charge in [-0.2, -0.15) is 0 Å². The molecular weight excluding hydrogens is 424 g/mol. The summed E-state index contributed by atoms with van der Waals surface area (Å²) in [5.74, 6) is -1.65. The van der Waals surface area contributed by atoms with Crippen molar-refractivity contribution in [2.24, 2.45) is 0 Å². The van der Waals surface area contributed by atoms with E-state index in [-0.39, 0.29) is 22.5 Å². The topological polar surface area (TPSA) is 156 Å². The van der Waals surface area contributed by atoms with Crippen LogP contribution in [0.4, 0.5) is 0 Å². The molecule has 1 aliphatic heterocycles. The van der Waals surface area contributed by atoms with Crippen molar-refractivity contribution in [1.82, 2.24) is 0 Å². The molecule has 1 aliphatic rings. The fourth-order valence-electron chi connectivity index (χ4n) is 3.51. The first-order valence-corrected chi connectivity index (χ1v) is 9.62. The number of methoxy groups -OCH3 is 1. The van der Waals surface area contributed by atoms with Crippen molar-refractivity contribution in [2.75, 3.05) is 7.11 Å². The Bertz CT molecular complexity index is 1200. The zero-order valence-corrected chi connectivity index (χ0v) is 16.7. The number of aliphatic carboxylic acids is 1. The molecule has 1 unspecified atom stereocenters. The van der Waals surface area contributed by atoms with E-state index >= 15 is 0 Å². The third kappa shape index (κ3) is 3.69. The van der Waals surface area contributed by atoms with Crippen LogP contribution in [0.3, 0.4) is 0 Å². The molecule has 4 N–H and O–H groups in total. The fourth-order valence-corrected chi connectivity index (χ4v) is 3.51. The minimum atomic E-state index is -1.90. The van der Waals surface area contributed by atoms with Gasteiger partial charge in [-0.1, -0.05) is 24.3 Å². The Kier molecular flexibility index (Phi) is 5.85. The fraction of sp³-hybridized carbons (Fsp3) is 0.273. The SMILES string of the molecule is COc1ccccc1-c1oc2ccccc2c(=O)c1OC1O[C@H](C(=O)O)[C@@H](O)[C@H](O)[C@H]1O. The summed E-state index contributed by atoms with van der Waals surface area (Å²) in [6.07, 6.45) is -9.31. The molecular formula is C22H20O10. The first-order valence-electron chi connectivity index (χ1n) is 9.62. The molecule has 10 heteroatoms. The standard InChI is InChI=1S/C22H20O10/c1-29-12-8-4-3-7-11(12)18-19(14(23)10-6-2-5-9-13(10)30-18)31-22-17(26)15(24)16(25)20(32-22)21(27)28/h2-9,15-17,20,22,24-26H,1H3,(H,27,28)/t15-,16-,17+,20-,22?/m0/s1. The van der Waals surface area contributed by atoms with Crippen molar-refractivity contribution in [3.63, 3.8) is 0 Å². The van der Waals surface area contributed by atoms with Crippen LogP contribution in [0.2, 0.25) is 0 Å². The Morgan fingerprint density at radius 1 is 0.969 bits per heavy atom. The lowest BCUT2D eigenvalue weighted by Gasteiger charge is -2.38. The molecule has 0 aliphatic carbocycles. The van der Waals surface area contributed by atoms with E-state index in [4.69, 9.17) is 18.6 Å². The Morgan fingerprint density at radius 3 is 2.38 bits per heavy atom. The van der Waals surface area contributed by atoms with Crippen molar-refractivity contribution in [2.45, 2.75) is 30.7 Å². The first-order chi connectivity index (χ1) is 15.3. The highest BCUT2D eigenvalue weighted by Gasteiger charge is 2.48. The van der Waals surface area contributed by atoms with Crippen LogP contribution in [-0.4, -0.2) is 64.2 Å². The highest BCUT2D eigenvalue weighted by molar-refractivity contribution is 5.83. The average Bonchev–Trinajstić information content (AvgIpc) is 2.80. The first kappa shape index (κ1) is 21.8. The number of hydrogen-bond acceptors (Lipinski definition) is 9. The van der Waals surface area contributed by atoms with Gasteiger partial charge in [0.1, 0.15) is 29.6 Å². The van der Waals surface area contributed by atoms with E-state index < -0.39 is 42.1 Å². The number of para-hydroxylation sites is 2. The van der Waals surface area contributed by atoms with Crippen LogP contribution in [0.1, 0.15) is 0 Å². The zero-order valence-electron chi connectivity index (χ0n) is 16.7. The van der Waals surface area contributed by atoms with Gasteiger partial charge in [-0.3, -0.25) is 4.79 Å². The van der Waals surface area contributed by atoms with Gasteiger partial charge in [0.2, 0.25) is 17.5 Å². The van der Waals surface area contributed by atoms with Gasteiger partial charge in [-0.15, -0.1) is 0 Å². The second-order valence-corrected chi connectivity index (χ2v) is 7.14. The predicted molar refractivity (Wildman–Crippen MR) is 109 cm³/mol. The summed E-state index contributed by atoms with van der Waals surface area (Å²) < 4.78 is 22.1. The predicted octanol–water partition coefficient (Wildman–Crippen LogP) is 0.740. The number of aliphatic hydroxyl groups is 3. The zero-order chi connectivity index (χ0) is 23.0. The van der Waals surface area contributed by atoms with E-state index in [2.05, 4.69) is 0 Å². The van der Waals surface area contributed by atoms with Gasteiger partial charge < -0.3 is 39.1 Å². The molecule has 0 amide bonds. The normalized spacial score (nSPS) is 25.4. The molecule has 2 heterocycles. The van der Waals surface area contributed by atoms with Gasteiger partial charge in [-0.25, -0.2) is 4.79 Å². The molecule has 168 valence electrons. The summed E-state index contributed by atoms with van der Waals surface area (Å²) in [6, 6.07) is 13.1. The maximum absolute atomic E-state index is 13.3. The molecule has 0 bridgehead atoms. The van der Waals surface area contributed by atoms with Gasteiger partial charge >= 0.3 is 5.97 Å². The van der Waals surface area contributed by atoms with Crippen LogP contribution in [0.15, 0.2) is 57.7 Å². The molecule has 4 rings (SSSR count). The number of carbonyl (C=O) groups is 1. The highest BCUT2D eigenvalue weighted by atomic mass is 16.7. The summed E-state index contributed by atoms with van der Waals surface area (Å²) >= 11 is 0. The Hall–Kier alpha value is -3.44. The summed E-state index contributed by atoms with van der Waals surface area (Å²) in [6.45, 7) is 0. The molecule has 2 aromatic carbocycles. The second kappa shape index (κ2) is 8.60. The highest BCUT2D eigenvalue weighted by Crippen LogP contribution is 2.37. The second-order valence-electron chi connectivity index (χ2n) is 7.14. The molecule has 0 radical (unpaired) electrons. The molecule has 1 fully saturated rings. The molecule has 1 saturated heterocycles. The lowest BCUT2D eigenvalue weighted by Crippen LogP contribution is -2.61. The van der Waals surface area contributed by atoms with Crippen LogP contribution in [-0.2, 0) is 9.53 Å². The molecule has 5 atom stereocenters. The van der Waals surface area contributed by atoms with Gasteiger partial charge in [0, 0.05) is 0 Å². The average molecular weight is 444 g/mol. The maximum atomic E-state index is 13.3. The van der Waals surface area contributed by atoms with Crippen molar-refractivity contribution >= 4 is 16.9 Å². The van der Waals surface area contributed by atoms with E-state index in [0.717, 1.165) is 0 Å². The Labute approximate surface area is 180 Å². The number of rotatable bonds is 5. The number of hydrogen-bond donors (Lipinski definition) is 4. The molecule has 1 aromatic heterocycles. The lowest BCUT2D eigenvalue weighted by molar-refractivity contribution is -0.271. The minimum absolute atomic E-state index is 0.0468. The molecule has 0 saturated carbocycles. The van der Waals surface area contributed by atoms with Crippen LogP contribution >= 0.6 is 0 Å². The Balaban J connectivity index is 1.87. The third-order valence-electron chi connectivity index (χ3n) is 5.15. The van der Waals surface area contributed by atoms with Crippen LogP contribution in [0.25, 0.3) is 22.3 Å². The van der Waals surface area contributed by atoms with Gasteiger partial charge in [0.15, 0.2) is 11.9 Å². The van der Waals surface area contributed by atoms with E-state index in [1.54, 1.807) is 42.5 Å². The van der Waals surface area contributed by atoms with Crippen LogP contribution < -0.4 is 14.9 Å². The number of carboxylic acid groups (broad SMARTS) is 1.